The third-order valence-corrected chi connectivity index (χ3v) is 4.88. The molecular weight excluding hydrogens is 368 g/mol. The first-order valence-electron chi connectivity index (χ1n) is 6.40. The van der Waals surface area contributed by atoms with E-state index < -0.39 is 6.10 Å². The van der Waals surface area contributed by atoms with Gasteiger partial charge < -0.3 is 5.11 Å². The molecule has 0 amide bonds. The van der Waals surface area contributed by atoms with E-state index >= 15 is 0 Å². The molecule has 0 saturated heterocycles. The van der Waals surface area contributed by atoms with Crippen molar-refractivity contribution in [1.29, 1.82) is 0 Å². The minimum atomic E-state index is -0.576. The molecule has 1 aliphatic carbocycles. The fourth-order valence-corrected chi connectivity index (χ4v) is 3.93. The zero-order chi connectivity index (χ0) is 13.4. The normalized spacial score (nSPS) is 15.3. The molecule has 1 aliphatic rings. The van der Waals surface area contributed by atoms with E-state index in [-0.39, 0.29) is 0 Å². The van der Waals surface area contributed by atoms with Crippen molar-refractivity contribution in [1.82, 2.24) is 0 Å². The van der Waals surface area contributed by atoms with Crippen molar-refractivity contribution in [2.75, 3.05) is 0 Å². The third kappa shape index (κ3) is 2.64. The number of aliphatic hydroxyl groups excluding tert-OH is 1. The summed E-state index contributed by atoms with van der Waals surface area (Å²) in [5, 5.41) is 10.5. The first kappa shape index (κ1) is 13.3. The summed E-state index contributed by atoms with van der Waals surface area (Å²) < 4.78 is 1.93. The molecule has 0 aromatic heterocycles. The van der Waals surface area contributed by atoms with Gasteiger partial charge in [0.25, 0.3) is 0 Å². The summed E-state index contributed by atoms with van der Waals surface area (Å²) in [5.41, 5.74) is 4.71. The van der Waals surface area contributed by atoms with E-state index in [0.717, 1.165) is 26.5 Å². The van der Waals surface area contributed by atoms with Crippen LogP contribution >= 0.6 is 31.9 Å². The lowest BCUT2D eigenvalue weighted by molar-refractivity contribution is 0.219. The van der Waals surface area contributed by atoms with Crippen LogP contribution in [0.2, 0.25) is 0 Å². The van der Waals surface area contributed by atoms with Gasteiger partial charge >= 0.3 is 0 Å². The molecule has 0 bridgehead atoms. The van der Waals surface area contributed by atoms with E-state index in [4.69, 9.17) is 0 Å². The Bertz CT molecular complexity index is 622. The van der Waals surface area contributed by atoms with Crippen LogP contribution in [0.15, 0.2) is 45.3 Å². The van der Waals surface area contributed by atoms with Gasteiger partial charge in [-0.15, -0.1) is 0 Å². The molecule has 1 N–H and O–H groups in total. The Hall–Kier alpha value is -0.640. The van der Waals surface area contributed by atoms with Crippen molar-refractivity contribution in [2.24, 2.45) is 0 Å². The van der Waals surface area contributed by atoms with Crippen LogP contribution in [0.4, 0.5) is 0 Å². The molecule has 0 spiro atoms. The molecule has 0 heterocycles. The van der Waals surface area contributed by atoms with Crippen molar-refractivity contribution in [3.63, 3.8) is 0 Å². The number of fused-ring (bicyclic) bond motifs is 1. The van der Waals surface area contributed by atoms with E-state index in [2.05, 4.69) is 44.0 Å². The minimum Gasteiger partial charge on any atom is -0.384 e. The Balaban J connectivity index is 1.97. The molecule has 0 fully saturated rings. The average Bonchev–Trinajstić information content (AvgIpc) is 2.85. The van der Waals surface area contributed by atoms with Crippen LogP contribution in [0.1, 0.15) is 34.8 Å². The van der Waals surface area contributed by atoms with Crippen molar-refractivity contribution in [2.45, 2.75) is 25.4 Å². The molecule has 3 rings (SSSR count). The zero-order valence-electron chi connectivity index (χ0n) is 10.4. The van der Waals surface area contributed by atoms with Crippen LogP contribution in [0.25, 0.3) is 0 Å². The Morgan fingerprint density at radius 2 is 1.74 bits per heavy atom. The van der Waals surface area contributed by atoms with Crippen LogP contribution in [0, 0.1) is 0 Å². The van der Waals surface area contributed by atoms with E-state index in [9.17, 15) is 5.11 Å². The Kier molecular flexibility index (Phi) is 3.79. The average molecular weight is 382 g/mol. The smallest absolute Gasteiger partial charge is 0.105 e. The lowest BCUT2D eigenvalue weighted by atomic mass is 9.98. The second-order valence-corrected chi connectivity index (χ2v) is 6.72. The lowest BCUT2D eigenvalue weighted by Gasteiger charge is -2.15. The van der Waals surface area contributed by atoms with Gasteiger partial charge in [0.2, 0.25) is 0 Å². The fourth-order valence-electron chi connectivity index (χ4n) is 2.66. The molecule has 1 unspecified atom stereocenters. The maximum absolute atomic E-state index is 10.5. The Morgan fingerprint density at radius 1 is 0.947 bits per heavy atom. The van der Waals surface area contributed by atoms with Gasteiger partial charge in [-0.1, -0.05) is 56.1 Å². The van der Waals surface area contributed by atoms with Crippen molar-refractivity contribution >= 4 is 31.9 Å². The minimum absolute atomic E-state index is 0.576. The number of hydrogen-bond acceptors (Lipinski definition) is 1. The summed E-state index contributed by atoms with van der Waals surface area (Å²) in [6.07, 6.45) is 2.97. The van der Waals surface area contributed by atoms with E-state index in [0.29, 0.717) is 0 Å². The summed E-state index contributed by atoms with van der Waals surface area (Å²) in [4.78, 5) is 0. The molecule has 1 atom stereocenters. The van der Waals surface area contributed by atoms with E-state index in [1.807, 2.05) is 24.3 Å². The summed E-state index contributed by atoms with van der Waals surface area (Å²) in [6.45, 7) is 0. The molecule has 3 heteroatoms. The Morgan fingerprint density at radius 3 is 2.53 bits per heavy atom. The van der Waals surface area contributed by atoms with Gasteiger partial charge in [0, 0.05) is 8.95 Å². The summed E-state index contributed by atoms with van der Waals surface area (Å²) >= 11 is 6.95. The Labute approximate surface area is 129 Å². The van der Waals surface area contributed by atoms with E-state index in [1.54, 1.807) is 0 Å². The van der Waals surface area contributed by atoms with Gasteiger partial charge in [0.05, 0.1) is 0 Å². The molecule has 19 heavy (non-hydrogen) atoms. The first-order valence-corrected chi connectivity index (χ1v) is 7.98. The van der Waals surface area contributed by atoms with Gasteiger partial charge in [0.15, 0.2) is 0 Å². The predicted molar refractivity (Wildman–Crippen MR) is 84.4 cm³/mol. The zero-order valence-corrected chi connectivity index (χ0v) is 13.5. The van der Waals surface area contributed by atoms with E-state index in [1.165, 1.54) is 24.0 Å². The number of rotatable bonds is 2. The summed E-state index contributed by atoms with van der Waals surface area (Å²) in [5.74, 6) is 0. The third-order valence-electron chi connectivity index (χ3n) is 3.70. The van der Waals surface area contributed by atoms with Crippen LogP contribution in [-0.2, 0) is 12.8 Å². The van der Waals surface area contributed by atoms with Crippen LogP contribution in [0.3, 0.4) is 0 Å². The number of aliphatic hydroxyl groups is 1. The topological polar surface area (TPSA) is 20.2 Å². The number of benzene rings is 2. The summed E-state index contributed by atoms with van der Waals surface area (Å²) in [7, 11) is 0. The molecule has 0 aliphatic heterocycles. The standard InChI is InChI=1S/C16H14Br2O/c17-13-6-7-14(15(18)9-13)16(19)12-5-4-10-2-1-3-11(10)8-12/h4-9,16,19H,1-3H2. The number of hydrogen-bond donors (Lipinski definition) is 1. The van der Waals surface area contributed by atoms with Crippen LogP contribution < -0.4 is 0 Å². The predicted octanol–water partition coefficient (Wildman–Crippen LogP) is 4.78. The second-order valence-electron chi connectivity index (χ2n) is 4.95. The van der Waals surface area contributed by atoms with Gasteiger partial charge in [-0.05, 0) is 53.6 Å². The fraction of sp³-hybridized carbons (Fsp3) is 0.250. The maximum Gasteiger partial charge on any atom is 0.105 e. The van der Waals surface area contributed by atoms with Crippen molar-refractivity contribution in [3.8, 4) is 0 Å². The van der Waals surface area contributed by atoms with Gasteiger partial charge in [-0.25, -0.2) is 0 Å². The highest BCUT2D eigenvalue weighted by Crippen LogP contribution is 2.33. The summed E-state index contributed by atoms with van der Waals surface area (Å²) in [6, 6.07) is 12.2. The largest absolute Gasteiger partial charge is 0.384 e. The van der Waals surface area contributed by atoms with Crippen molar-refractivity contribution in [3.05, 3.63) is 67.6 Å². The maximum atomic E-state index is 10.5. The van der Waals surface area contributed by atoms with Crippen LogP contribution in [-0.4, -0.2) is 5.11 Å². The van der Waals surface area contributed by atoms with Gasteiger partial charge in [0.1, 0.15) is 6.10 Å². The van der Waals surface area contributed by atoms with Gasteiger partial charge in [-0.3, -0.25) is 0 Å². The highest BCUT2D eigenvalue weighted by atomic mass is 79.9. The number of aryl methyl sites for hydroxylation is 2. The quantitative estimate of drug-likeness (QED) is 0.793. The molecule has 0 radical (unpaired) electrons. The highest BCUT2D eigenvalue weighted by molar-refractivity contribution is 9.11. The van der Waals surface area contributed by atoms with Crippen LogP contribution in [0.5, 0.6) is 0 Å². The molecule has 2 aromatic carbocycles. The first-order chi connectivity index (χ1) is 9.15. The van der Waals surface area contributed by atoms with Crippen molar-refractivity contribution < 1.29 is 5.11 Å². The SMILES string of the molecule is OC(c1ccc2c(c1)CCC2)c1ccc(Br)cc1Br. The molecule has 98 valence electrons. The molecule has 0 saturated carbocycles. The monoisotopic (exact) mass is 380 g/mol. The second kappa shape index (κ2) is 5.39. The molecule has 1 nitrogen and oxygen atoms in total. The molecular formula is C16H14Br2O. The number of halogens is 2. The van der Waals surface area contributed by atoms with Gasteiger partial charge in [-0.2, -0.15) is 0 Å². The molecule has 2 aromatic rings. The lowest BCUT2D eigenvalue weighted by Crippen LogP contribution is -2.01. The highest BCUT2D eigenvalue weighted by Gasteiger charge is 2.17.